The predicted molar refractivity (Wildman–Crippen MR) is 67.0 cm³/mol. The molecule has 0 radical (unpaired) electrons. The van der Waals surface area contributed by atoms with E-state index in [9.17, 15) is 5.11 Å². The summed E-state index contributed by atoms with van der Waals surface area (Å²) in [5.41, 5.74) is 3.19. The fourth-order valence-corrected chi connectivity index (χ4v) is 2.02. The second kappa shape index (κ2) is 3.63. The van der Waals surface area contributed by atoms with Crippen LogP contribution in [-0.4, -0.2) is 14.5 Å². The van der Waals surface area contributed by atoms with Crippen molar-refractivity contribution in [1.82, 2.24) is 9.38 Å². The van der Waals surface area contributed by atoms with Crippen LogP contribution in [0.2, 0.25) is 0 Å². The molecular weight excluding hydrogens is 212 g/mol. The van der Waals surface area contributed by atoms with Crippen LogP contribution in [0, 0.1) is 6.92 Å². The number of rotatable bonds is 1. The van der Waals surface area contributed by atoms with Crippen molar-refractivity contribution in [2.45, 2.75) is 6.92 Å². The maximum atomic E-state index is 9.50. The second-order valence-electron chi connectivity index (χ2n) is 4.08. The van der Waals surface area contributed by atoms with Crippen LogP contribution in [0.4, 0.5) is 0 Å². The minimum Gasteiger partial charge on any atom is -0.508 e. The Kier molecular flexibility index (Phi) is 2.11. The van der Waals surface area contributed by atoms with Gasteiger partial charge in [0.2, 0.25) is 0 Å². The summed E-state index contributed by atoms with van der Waals surface area (Å²) in [6, 6.07) is 11.2. The van der Waals surface area contributed by atoms with Gasteiger partial charge in [-0.3, -0.25) is 4.40 Å². The summed E-state index contributed by atoms with van der Waals surface area (Å²) in [7, 11) is 0. The molecule has 3 rings (SSSR count). The van der Waals surface area contributed by atoms with Gasteiger partial charge >= 0.3 is 0 Å². The summed E-state index contributed by atoms with van der Waals surface area (Å²) in [6.07, 6.45) is 3.84. The first-order chi connectivity index (χ1) is 8.25. The Balaban J connectivity index is 2.28. The van der Waals surface area contributed by atoms with Gasteiger partial charge in [-0.1, -0.05) is 18.2 Å². The quantitative estimate of drug-likeness (QED) is 0.690. The molecule has 2 heterocycles. The van der Waals surface area contributed by atoms with Gasteiger partial charge in [-0.05, 0) is 30.7 Å². The molecule has 3 heteroatoms. The van der Waals surface area contributed by atoms with Crippen molar-refractivity contribution in [3.8, 4) is 17.1 Å². The number of fused-ring (bicyclic) bond motifs is 1. The Labute approximate surface area is 99.0 Å². The van der Waals surface area contributed by atoms with Gasteiger partial charge < -0.3 is 5.11 Å². The molecule has 0 saturated carbocycles. The standard InChI is InChI=1S/C14H12N2O/c1-10-4-3-7-16-13(10)9-15-14(16)11-5-2-6-12(17)8-11/h2-9,17H,1H3. The van der Waals surface area contributed by atoms with E-state index in [0.717, 1.165) is 16.9 Å². The highest BCUT2D eigenvalue weighted by Crippen LogP contribution is 2.24. The van der Waals surface area contributed by atoms with E-state index in [0.29, 0.717) is 0 Å². The number of nitrogens with zero attached hydrogens (tertiary/aromatic N) is 2. The molecule has 0 aliphatic rings. The highest BCUT2D eigenvalue weighted by molar-refractivity contribution is 5.65. The van der Waals surface area contributed by atoms with Gasteiger partial charge in [0, 0.05) is 11.8 Å². The lowest BCUT2D eigenvalue weighted by molar-refractivity contribution is 0.475. The predicted octanol–water partition coefficient (Wildman–Crippen LogP) is 3.02. The Morgan fingerprint density at radius 3 is 2.88 bits per heavy atom. The molecule has 0 atom stereocenters. The molecule has 0 aliphatic carbocycles. The van der Waals surface area contributed by atoms with Gasteiger partial charge in [0.1, 0.15) is 11.6 Å². The molecule has 0 fully saturated rings. The van der Waals surface area contributed by atoms with Crippen LogP contribution in [0.15, 0.2) is 48.8 Å². The van der Waals surface area contributed by atoms with Gasteiger partial charge in [-0.2, -0.15) is 0 Å². The van der Waals surface area contributed by atoms with Crippen molar-refractivity contribution in [2.75, 3.05) is 0 Å². The molecule has 3 aromatic rings. The van der Waals surface area contributed by atoms with Crippen molar-refractivity contribution in [1.29, 1.82) is 0 Å². The van der Waals surface area contributed by atoms with E-state index >= 15 is 0 Å². The molecule has 1 aromatic carbocycles. The first-order valence-electron chi connectivity index (χ1n) is 5.48. The average molecular weight is 224 g/mol. The van der Waals surface area contributed by atoms with Crippen LogP contribution in [0.1, 0.15) is 5.56 Å². The maximum absolute atomic E-state index is 9.50. The van der Waals surface area contributed by atoms with E-state index in [1.807, 2.05) is 35.0 Å². The SMILES string of the molecule is Cc1cccn2c(-c3cccc(O)c3)ncc12. The summed E-state index contributed by atoms with van der Waals surface area (Å²) in [6.45, 7) is 2.06. The Morgan fingerprint density at radius 1 is 1.18 bits per heavy atom. The zero-order valence-corrected chi connectivity index (χ0v) is 9.46. The van der Waals surface area contributed by atoms with Gasteiger partial charge in [0.05, 0.1) is 11.7 Å². The van der Waals surface area contributed by atoms with Crippen LogP contribution in [0.5, 0.6) is 5.75 Å². The molecule has 0 amide bonds. The maximum Gasteiger partial charge on any atom is 0.144 e. The molecule has 0 aliphatic heterocycles. The van der Waals surface area contributed by atoms with Crippen LogP contribution >= 0.6 is 0 Å². The van der Waals surface area contributed by atoms with Crippen molar-refractivity contribution in [3.63, 3.8) is 0 Å². The Bertz CT molecular complexity index is 686. The largest absolute Gasteiger partial charge is 0.508 e. The summed E-state index contributed by atoms with van der Waals surface area (Å²) in [5, 5.41) is 9.50. The van der Waals surface area contributed by atoms with Crippen LogP contribution in [0.3, 0.4) is 0 Å². The first-order valence-corrected chi connectivity index (χ1v) is 5.48. The van der Waals surface area contributed by atoms with Crippen LogP contribution in [-0.2, 0) is 0 Å². The fourth-order valence-electron chi connectivity index (χ4n) is 2.02. The number of phenolic OH excluding ortho intramolecular Hbond substituents is 1. The normalized spacial score (nSPS) is 10.9. The Hall–Kier alpha value is -2.29. The zero-order chi connectivity index (χ0) is 11.8. The molecule has 0 bridgehead atoms. The molecule has 17 heavy (non-hydrogen) atoms. The summed E-state index contributed by atoms with van der Waals surface area (Å²) < 4.78 is 2.03. The lowest BCUT2D eigenvalue weighted by atomic mass is 10.2. The number of aromatic hydroxyl groups is 1. The van der Waals surface area contributed by atoms with E-state index in [4.69, 9.17) is 0 Å². The molecule has 0 spiro atoms. The first kappa shape index (κ1) is 9.90. The highest BCUT2D eigenvalue weighted by atomic mass is 16.3. The molecule has 2 aromatic heterocycles. The molecule has 84 valence electrons. The van der Waals surface area contributed by atoms with Crippen molar-refractivity contribution >= 4 is 5.52 Å². The number of pyridine rings is 1. The van der Waals surface area contributed by atoms with E-state index in [1.165, 1.54) is 5.56 Å². The molecule has 3 nitrogen and oxygen atoms in total. The van der Waals surface area contributed by atoms with Gasteiger partial charge in [-0.15, -0.1) is 0 Å². The summed E-state index contributed by atoms with van der Waals surface area (Å²) in [4.78, 5) is 4.42. The number of benzene rings is 1. The molecule has 1 N–H and O–H groups in total. The fraction of sp³-hybridized carbons (Fsp3) is 0.0714. The highest BCUT2D eigenvalue weighted by Gasteiger charge is 2.07. The lowest BCUT2D eigenvalue weighted by Gasteiger charge is -2.03. The minimum absolute atomic E-state index is 0.256. The van der Waals surface area contributed by atoms with Gasteiger partial charge in [0.25, 0.3) is 0 Å². The second-order valence-corrected chi connectivity index (χ2v) is 4.08. The third-order valence-corrected chi connectivity index (χ3v) is 2.89. The van der Waals surface area contributed by atoms with E-state index in [-0.39, 0.29) is 5.75 Å². The number of hydrogen-bond donors (Lipinski definition) is 1. The Morgan fingerprint density at radius 2 is 2.06 bits per heavy atom. The van der Waals surface area contributed by atoms with Gasteiger partial charge in [0.15, 0.2) is 0 Å². The summed E-state index contributed by atoms with van der Waals surface area (Å²) in [5.74, 6) is 1.10. The zero-order valence-electron chi connectivity index (χ0n) is 9.46. The van der Waals surface area contributed by atoms with E-state index in [1.54, 1.807) is 12.1 Å². The molecular formula is C14H12N2O. The lowest BCUT2D eigenvalue weighted by Crippen LogP contribution is -1.89. The van der Waals surface area contributed by atoms with E-state index in [2.05, 4.69) is 18.0 Å². The minimum atomic E-state index is 0.256. The van der Waals surface area contributed by atoms with Crippen molar-refractivity contribution in [2.24, 2.45) is 0 Å². The smallest absolute Gasteiger partial charge is 0.144 e. The topological polar surface area (TPSA) is 37.5 Å². The van der Waals surface area contributed by atoms with Gasteiger partial charge in [-0.25, -0.2) is 4.98 Å². The third-order valence-electron chi connectivity index (χ3n) is 2.89. The van der Waals surface area contributed by atoms with E-state index < -0.39 is 0 Å². The monoisotopic (exact) mass is 224 g/mol. The number of imidazole rings is 1. The van der Waals surface area contributed by atoms with Crippen LogP contribution in [0.25, 0.3) is 16.9 Å². The third kappa shape index (κ3) is 1.56. The average Bonchev–Trinajstić information content (AvgIpc) is 2.74. The van der Waals surface area contributed by atoms with Crippen LogP contribution < -0.4 is 0 Å². The molecule has 0 saturated heterocycles. The summed E-state index contributed by atoms with van der Waals surface area (Å²) >= 11 is 0. The number of phenols is 1. The number of hydrogen-bond acceptors (Lipinski definition) is 2. The number of aromatic nitrogens is 2. The molecule has 0 unspecified atom stereocenters. The van der Waals surface area contributed by atoms with Crippen molar-refractivity contribution in [3.05, 3.63) is 54.4 Å². The number of aryl methyl sites for hydroxylation is 1. The van der Waals surface area contributed by atoms with Crippen molar-refractivity contribution < 1.29 is 5.11 Å².